The highest BCUT2D eigenvalue weighted by atomic mass is 32.1. The van der Waals surface area contributed by atoms with Crippen molar-refractivity contribution in [2.75, 3.05) is 0 Å². The number of Topliss-reactive ketones (excluding diaryl/α,β-unsaturated/α-hetero) is 1. The Morgan fingerprint density at radius 2 is 2.03 bits per heavy atom. The lowest BCUT2D eigenvalue weighted by Crippen LogP contribution is -2.33. The number of aryl methyl sites for hydroxylation is 1. The molecule has 0 aliphatic carbocycles. The summed E-state index contributed by atoms with van der Waals surface area (Å²) in [6.45, 7) is 9.56. The summed E-state index contributed by atoms with van der Waals surface area (Å²) in [5, 5.41) is 13.4. The zero-order chi connectivity index (χ0) is 21.6. The maximum Gasteiger partial charge on any atom is 0.309 e. The van der Waals surface area contributed by atoms with E-state index in [1.54, 1.807) is 18.3 Å². The Kier molecular flexibility index (Phi) is 8.78. The number of carbonyl (C=O) groups excluding carboxylic acids is 2. The molecule has 1 N–H and O–H groups in total. The van der Waals surface area contributed by atoms with E-state index < -0.39 is 24.1 Å². The zero-order valence-electron chi connectivity index (χ0n) is 18.1. The summed E-state index contributed by atoms with van der Waals surface area (Å²) in [7, 11) is 0. The fraction of sp³-hybridized carbons (Fsp3) is 0.609. The summed E-state index contributed by atoms with van der Waals surface area (Å²) in [5.41, 5.74) is 2.99. The van der Waals surface area contributed by atoms with E-state index in [1.165, 1.54) is 5.57 Å². The Hall–Kier alpha value is -1.79. The second kappa shape index (κ2) is 10.8. The fourth-order valence-electron chi connectivity index (χ4n) is 3.53. The van der Waals surface area contributed by atoms with Gasteiger partial charge < -0.3 is 9.84 Å². The van der Waals surface area contributed by atoms with Gasteiger partial charge in [0.25, 0.3) is 0 Å². The molecule has 0 radical (unpaired) electrons. The second-order valence-electron chi connectivity index (χ2n) is 8.20. The number of thiazole rings is 1. The van der Waals surface area contributed by atoms with Gasteiger partial charge in [-0.3, -0.25) is 9.59 Å². The fourth-order valence-corrected chi connectivity index (χ4v) is 4.10. The first-order chi connectivity index (χ1) is 13.7. The maximum absolute atomic E-state index is 12.5. The number of cyclic esters (lactones) is 1. The molecule has 0 saturated heterocycles. The van der Waals surface area contributed by atoms with Crippen molar-refractivity contribution < 1.29 is 19.4 Å². The molecular formula is C23H33NO4S. The normalized spacial score (nSPS) is 28.5. The molecule has 0 aromatic carbocycles. The molecule has 1 aromatic heterocycles. The molecule has 160 valence electrons. The number of esters is 1. The van der Waals surface area contributed by atoms with Crippen LogP contribution in [0.2, 0.25) is 0 Å². The number of carbonyl (C=O) groups is 2. The predicted molar refractivity (Wildman–Crippen MR) is 117 cm³/mol. The molecule has 5 nitrogen and oxygen atoms in total. The average molecular weight is 420 g/mol. The van der Waals surface area contributed by atoms with Gasteiger partial charge in [-0.2, -0.15) is 0 Å². The molecular weight excluding hydrogens is 386 g/mol. The number of hydrogen-bond donors (Lipinski definition) is 1. The van der Waals surface area contributed by atoms with E-state index in [4.69, 9.17) is 4.74 Å². The number of ether oxygens (including phenoxy) is 1. The average Bonchev–Trinajstić information content (AvgIpc) is 3.07. The topological polar surface area (TPSA) is 76.5 Å². The van der Waals surface area contributed by atoms with Crippen LogP contribution in [0.5, 0.6) is 0 Å². The van der Waals surface area contributed by atoms with Crippen LogP contribution < -0.4 is 0 Å². The minimum atomic E-state index is -1.02. The van der Waals surface area contributed by atoms with Crippen LogP contribution in [0.1, 0.15) is 70.5 Å². The van der Waals surface area contributed by atoms with Gasteiger partial charge in [0.15, 0.2) is 0 Å². The zero-order valence-corrected chi connectivity index (χ0v) is 18.9. The highest BCUT2D eigenvalue weighted by Gasteiger charge is 2.29. The number of aliphatic hydroxyl groups excluding tert-OH is 1. The molecule has 1 aromatic rings. The van der Waals surface area contributed by atoms with Crippen LogP contribution >= 0.6 is 11.3 Å². The first kappa shape index (κ1) is 23.5. The van der Waals surface area contributed by atoms with Crippen molar-refractivity contribution in [2.45, 2.75) is 78.9 Å². The SMILES string of the molecule is CC1=CC[C@@H](C(C)=Cc2csc(C)n2)OC(=O)C[C@H](O)C(C)C(=O)C(C)CCC1. The van der Waals surface area contributed by atoms with Gasteiger partial charge >= 0.3 is 5.97 Å². The van der Waals surface area contributed by atoms with Crippen LogP contribution in [-0.2, 0) is 14.3 Å². The third kappa shape index (κ3) is 7.19. The van der Waals surface area contributed by atoms with Crippen molar-refractivity contribution in [1.82, 2.24) is 4.98 Å². The van der Waals surface area contributed by atoms with Crippen molar-refractivity contribution >= 4 is 29.2 Å². The molecule has 0 saturated carbocycles. The Morgan fingerprint density at radius 3 is 2.69 bits per heavy atom. The molecule has 0 spiro atoms. The van der Waals surface area contributed by atoms with E-state index >= 15 is 0 Å². The van der Waals surface area contributed by atoms with Gasteiger partial charge in [-0.1, -0.05) is 25.5 Å². The van der Waals surface area contributed by atoms with E-state index in [2.05, 4.69) is 18.0 Å². The summed E-state index contributed by atoms with van der Waals surface area (Å²) >= 11 is 1.58. The molecule has 29 heavy (non-hydrogen) atoms. The highest BCUT2D eigenvalue weighted by molar-refractivity contribution is 7.09. The number of ketones is 1. The quantitative estimate of drug-likeness (QED) is 0.546. The van der Waals surface area contributed by atoms with E-state index in [-0.39, 0.29) is 18.1 Å². The lowest BCUT2D eigenvalue weighted by Gasteiger charge is -2.23. The Labute approximate surface area is 177 Å². The van der Waals surface area contributed by atoms with Crippen molar-refractivity contribution in [3.63, 3.8) is 0 Å². The van der Waals surface area contributed by atoms with Gasteiger partial charge in [0, 0.05) is 23.6 Å². The van der Waals surface area contributed by atoms with Gasteiger partial charge in [0.1, 0.15) is 11.9 Å². The molecule has 1 aliphatic heterocycles. The molecule has 0 amide bonds. The van der Waals surface area contributed by atoms with Crippen LogP contribution in [0.3, 0.4) is 0 Å². The third-order valence-electron chi connectivity index (χ3n) is 5.57. The van der Waals surface area contributed by atoms with Gasteiger partial charge in [-0.25, -0.2) is 4.98 Å². The first-order valence-electron chi connectivity index (χ1n) is 10.3. The van der Waals surface area contributed by atoms with Gasteiger partial charge in [-0.05, 0) is 51.7 Å². The van der Waals surface area contributed by atoms with Crippen LogP contribution in [0.4, 0.5) is 0 Å². The number of rotatable bonds is 2. The van der Waals surface area contributed by atoms with Gasteiger partial charge in [0.05, 0.1) is 23.2 Å². The minimum absolute atomic E-state index is 0.00974. The van der Waals surface area contributed by atoms with E-state index in [9.17, 15) is 14.7 Å². The van der Waals surface area contributed by atoms with Crippen LogP contribution in [0.15, 0.2) is 22.6 Å². The highest BCUT2D eigenvalue weighted by Crippen LogP contribution is 2.23. The summed E-state index contributed by atoms with van der Waals surface area (Å²) in [5.74, 6) is -1.17. The lowest BCUT2D eigenvalue weighted by molar-refractivity contribution is -0.150. The van der Waals surface area contributed by atoms with E-state index in [0.29, 0.717) is 6.42 Å². The smallest absolute Gasteiger partial charge is 0.309 e. The Bertz CT molecular complexity index is 780. The van der Waals surface area contributed by atoms with Crippen molar-refractivity contribution in [2.24, 2.45) is 11.8 Å². The van der Waals surface area contributed by atoms with Crippen molar-refractivity contribution in [3.8, 4) is 0 Å². The van der Waals surface area contributed by atoms with E-state index in [0.717, 1.165) is 35.5 Å². The molecule has 0 fully saturated rings. The summed E-state index contributed by atoms with van der Waals surface area (Å²) in [6, 6.07) is 0. The van der Waals surface area contributed by atoms with Crippen molar-refractivity contribution in [1.29, 1.82) is 0 Å². The van der Waals surface area contributed by atoms with Gasteiger partial charge in [0.2, 0.25) is 0 Å². The molecule has 4 atom stereocenters. The van der Waals surface area contributed by atoms with Gasteiger partial charge in [-0.15, -0.1) is 11.3 Å². The second-order valence-corrected chi connectivity index (χ2v) is 9.26. The first-order valence-corrected chi connectivity index (χ1v) is 11.2. The molecule has 2 rings (SSSR count). The Balaban J connectivity index is 2.23. The van der Waals surface area contributed by atoms with Crippen LogP contribution in [0.25, 0.3) is 6.08 Å². The molecule has 0 bridgehead atoms. The van der Waals surface area contributed by atoms with Crippen LogP contribution in [-0.4, -0.2) is 34.1 Å². The monoisotopic (exact) mass is 419 g/mol. The predicted octanol–water partition coefficient (Wildman–Crippen LogP) is 4.88. The van der Waals surface area contributed by atoms with E-state index in [1.807, 2.05) is 32.2 Å². The molecule has 6 heteroatoms. The standard InChI is InChI=1S/C23H33NO4S/c1-14-7-6-8-15(2)23(27)17(4)20(25)12-22(26)28-21(10-9-14)16(3)11-19-13-29-18(5)24-19/h9,11,13,15,17,20-21,25H,6-8,10,12H2,1-5H3/t15?,17?,20-,21-/m0/s1. The summed E-state index contributed by atoms with van der Waals surface area (Å²) in [4.78, 5) is 29.5. The third-order valence-corrected chi connectivity index (χ3v) is 6.36. The minimum Gasteiger partial charge on any atom is -0.457 e. The largest absolute Gasteiger partial charge is 0.457 e. The molecule has 2 heterocycles. The number of aliphatic hydroxyl groups is 1. The lowest BCUT2D eigenvalue weighted by atomic mass is 9.86. The Morgan fingerprint density at radius 1 is 1.31 bits per heavy atom. The number of allylic oxidation sites excluding steroid dienone is 1. The summed E-state index contributed by atoms with van der Waals surface area (Å²) in [6.07, 6.45) is 5.64. The molecule has 1 aliphatic rings. The number of nitrogens with zero attached hydrogens (tertiary/aromatic N) is 1. The summed E-state index contributed by atoms with van der Waals surface area (Å²) < 4.78 is 5.72. The number of aromatic nitrogens is 1. The van der Waals surface area contributed by atoms with Crippen LogP contribution in [0, 0.1) is 18.8 Å². The van der Waals surface area contributed by atoms with Crippen molar-refractivity contribution in [3.05, 3.63) is 33.3 Å². The molecule has 2 unspecified atom stereocenters. The maximum atomic E-state index is 12.5. The number of hydrogen-bond acceptors (Lipinski definition) is 6.